The Bertz CT molecular complexity index is 1100. The number of aryl methyl sites for hydroxylation is 2. The van der Waals surface area contributed by atoms with Crippen molar-refractivity contribution in [3.05, 3.63) is 61.7 Å². The topological polar surface area (TPSA) is 92.3 Å². The Labute approximate surface area is 175 Å². The molecule has 2 rings (SSSR count). The first kappa shape index (κ1) is 23.1. The van der Waals surface area contributed by atoms with Gasteiger partial charge >= 0.3 is 11.7 Å². The van der Waals surface area contributed by atoms with Crippen molar-refractivity contribution in [2.45, 2.75) is 40.7 Å². The maximum Gasteiger partial charge on any atom is 0.331 e. The number of ketones is 1. The van der Waals surface area contributed by atoms with Gasteiger partial charge in [-0.15, -0.1) is 0 Å². The molecule has 162 valence electrons. The second-order valence-corrected chi connectivity index (χ2v) is 7.83. The Morgan fingerprint density at radius 1 is 1.17 bits per heavy atom. The molecule has 0 fully saturated rings. The fourth-order valence-electron chi connectivity index (χ4n) is 3.19. The normalized spacial score (nSPS) is 11.4. The maximum absolute atomic E-state index is 12.5. The van der Waals surface area contributed by atoms with Crippen LogP contribution in [-0.2, 0) is 30.2 Å². The van der Waals surface area contributed by atoms with Gasteiger partial charge in [0.05, 0.1) is 5.56 Å². The molecule has 0 spiro atoms. The molecule has 30 heavy (non-hydrogen) atoms. The number of carbonyl (C=O) groups excluding carboxylic acids is 2. The summed E-state index contributed by atoms with van der Waals surface area (Å²) in [6.45, 7) is 8.59. The summed E-state index contributed by atoms with van der Waals surface area (Å²) in [6.07, 6.45) is 4.69. The minimum Gasteiger partial charge on any atom is -0.454 e. The molecule has 0 N–H and O–H groups in total. The van der Waals surface area contributed by atoms with E-state index in [0.717, 1.165) is 35.0 Å². The lowest BCUT2D eigenvalue weighted by molar-refractivity contribution is -0.136. The number of Topliss-reactive ketones (excluding diaryl/α,β-unsaturated/α-hetero) is 1. The zero-order valence-electron chi connectivity index (χ0n) is 18.4. The Morgan fingerprint density at radius 2 is 1.83 bits per heavy atom. The molecule has 0 unspecified atom stereocenters. The van der Waals surface area contributed by atoms with Crippen LogP contribution in [0.25, 0.3) is 6.08 Å². The summed E-state index contributed by atoms with van der Waals surface area (Å²) in [7, 11) is 2.87. The molecular weight excluding hydrogens is 386 g/mol. The first-order valence-corrected chi connectivity index (χ1v) is 9.84. The number of rotatable bonds is 8. The molecule has 8 nitrogen and oxygen atoms in total. The van der Waals surface area contributed by atoms with Crippen LogP contribution in [0.3, 0.4) is 0 Å². The van der Waals surface area contributed by atoms with Crippen LogP contribution in [-0.4, -0.2) is 32.1 Å². The quantitative estimate of drug-likeness (QED) is 0.373. The number of nitrogens with zero attached hydrogens (tertiary/aromatic N) is 3. The highest BCUT2D eigenvalue weighted by atomic mass is 16.5. The lowest BCUT2D eigenvalue weighted by atomic mass is 10.1. The molecule has 0 aliphatic carbocycles. The molecule has 2 heterocycles. The smallest absolute Gasteiger partial charge is 0.331 e. The second-order valence-electron chi connectivity index (χ2n) is 7.83. The van der Waals surface area contributed by atoms with Crippen LogP contribution in [0.4, 0.5) is 0 Å². The fraction of sp³-hybridized carbons (Fsp3) is 0.455. The minimum atomic E-state index is -0.743. The van der Waals surface area contributed by atoms with E-state index < -0.39 is 17.2 Å². The van der Waals surface area contributed by atoms with E-state index in [-0.39, 0.29) is 18.0 Å². The molecule has 0 aliphatic heterocycles. The van der Waals surface area contributed by atoms with Crippen molar-refractivity contribution in [2.24, 2.45) is 20.0 Å². The van der Waals surface area contributed by atoms with E-state index in [9.17, 15) is 19.2 Å². The summed E-state index contributed by atoms with van der Waals surface area (Å²) in [5.74, 6) is -0.464. The van der Waals surface area contributed by atoms with Gasteiger partial charge in [-0.05, 0) is 38.3 Å². The molecule has 0 amide bonds. The van der Waals surface area contributed by atoms with Crippen molar-refractivity contribution in [2.75, 3.05) is 6.61 Å². The molecule has 0 aromatic carbocycles. The SMILES string of the molecule is Cc1cc(C(=O)COC(=O)C=Cc2cn(C)c(=O)n(C)c2=O)c(C)n1CCC(C)C. The van der Waals surface area contributed by atoms with Gasteiger partial charge in [-0.1, -0.05) is 13.8 Å². The largest absolute Gasteiger partial charge is 0.454 e. The molecule has 0 saturated carbocycles. The third kappa shape index (κ3) is 5.25. The average molecular weight is 415 g/mol. The highest BCUT2D eigenvalue weighted by Crippen LogP contribution is 2.17. The number of hydrogen-bond donors (Lipinski definition) is 0. The number of esters is 1. The lowest BCUT2D eigenvalue weighted by Crippen LogP contribution is -2.37. The van der Waals surface area contributed by atoms with Crippen molar-refractivity contribution in [1.29, 1.82) is 0 Å². The lowest BCUT2D eigenvalue weighted by Gasteiger charge is -2.11. The van der Waals surface area contributed by atoms with Crippen LogP contribution in [0, 0.1) is 19.8 Å². The van der Waals surface area contributed by atoms with Gasteiger partial charge in [0.1, 0.15) is 0 Å². The van der Waals surface area contributed by atoms with Crippen LogP contribution in [0.15, 0.2) is 27.9 Å². The summed E-state index contributed by atoms with van der Waals surface area (Å²) in [5.41, 5.74) is 1.58. The van der Waals surface area contributed by atoms with E-state index in [4.69, 9.17) is 4.74 Å². The zero-order chi connectivity index (χ0) is 22.6. The van der Waals surface area contributed by atoms with Crippen molar-refractivity contribution < 1.29 is 14.3 Å². The summed E-state index contributed by atoms with van der Waals surface area (Å²) < 4.78 is 9.34. The Balaban J connectivity index is 2.04. The predicted octanol–water partition coefficient (Wildman–Crippen LogP) is 1.99. The Morgan fingerprint density at radius 3 is 2.47 bits per heavy atom. The molecule has 0 bridgehead atoms. The molecule has 8 heteroatoms. The number of carbonyl (C=O) groups is 2. The standard InChI is InChI=1S/C22H29N3O5/c1-14(2)9-10-25-15(3)11-18(16(25)4)19(26)13-30-20(27)8-7-17-12-23(5)22(29)24(6)21(17)28/h7-8,11-12,14H,9-10,13H2,1-6H3. The predicted molar refractivity (Wildman–Crippen MR) is 115 cm³/mol. The Hall–Kier alpha value is -3.16. The second kappa shape index (κ2) is 9.56. The van der Waals surface area contributed by atoms with Gasteiger partial charge < -0.3 is 13.9 Å². The van der Waals surface area contributed by atoms with E-state index >= 15 is 0 Å². The van der Waals surface area contributed by atoms with Gasteiger partial charge in [0.15, 0.2) is 6.61 Å². The van der Waals surface area contributed by atoms with Gasteiger partial charge in [-0.3, -0.25) is 14.2 Å². The highest BCUT2D eigenvalue weighted by molar-refractivity contribution is 6.00. The third-order valence-electron chi connectivity index (χ3n) is 5.02. The van der Waals surface area contributed by atoms with Crippen LogP contribution in [0.2, 0.25) is 0 Å². The van der Waals surface area contributed by atoms with E-state index in [0.29, 0.717) is 11.5 Å². The number of aromatic nitrogens is 3. The molecule has 0 radical (unpaired) electrons. The van der Waals surface area contributed by atoms with Crippen molar-refractivity contribution in [1.82, 2.24) is 13.7 Å². The van der Waals surface area contributed by atoms with Gasteiger partial charge in [-0.25, -0.2) is 9.59 Å². The van der Waals surface area contributed by atoms with Crippen LogP contribution in [0.5, 0.6) is 0 Å². The van der Waals surface area contributed by atoms with E-state index in [1.807, 2.05) is 19.9 Å². The Kier molecular flexibility index (Phi) is 7.37. The molecule has 0 atom stereocenters. The average Bonchev–Trinajstić information content (AvgIpc) is 2.98. The van der Waals surface area contributed by atoms with Gasteiger partial charge in [0.2, 0.25) is 5.78 Å². The number of ether oxygens (including phenoxy) is 1. The molecule has 2 aromatic rings. The molecule has 0 saturated heterocycles. The number of hydrogen-bond acceptors (Lipinski definition) is 5. The minimum absolute atomic E-state index is 0.163. The first-order valence-electron chi connectivity index (χ1n) is 9.84. The maximum atomic E-state index is 12.5. The monoisotopic (exact) mass is 415 g/mol. The van der Waals surface area contributed by atoms with E-state index in [2.05, 4.69) is 18.4 Å². The van der Waals surface area contributed by atoms with Crippen molar-refractivity contribution in [3.8, 4) is 0 Å². The highest BCUT2D eigenvalue weighted by Gasteiger charge is 2.17. The van der Waals surface area contributed by atoms with Crippen molar-refractivity contribution >= 4 is 17.8 Å². The molecular formula is C22H29N3O5. The van der Waals surface area contributed by atoms with Crippen LogP contribution < -0.4 is 11.2 Å². The summed E-state index contributed by atoms with van der Waals surface area (Å²) >= 11 is 0. The summed E-state index contributed by atoms with van der Waals surface area (Å²) in [6, 6.07) is 1.82. The van der Waals surface area contributed by atoms with Crippen LogP contribution >= 0.6 is 0 Å². The fourth-order valence-corrected chi connectivity index (χ4v) is 3.19. The van der Waals surface area contributed by atoms with Crippen molar-refractivity contribution in [3.63, 3.8) is 0 Å². The summed E-state index contributed by atoms with van der Waals surface area (Å²) in [5, 5.41) is 0. The third-order valence-corrected chi connectivity index (χ3v) is 5.02. The van der Waals surface area contributed by atoms with E-state index in [1.54, 1.807) is 0 Å². The first-order chi connectivity index (χ1) is 14.0. The van der Waals surface area contributed by atoms with Gasteiger partial charge in [-0.2, -0.15) is 0 Å². The van der Waals surface area contributed by atoms with Crippen LogP contribution in [0.1, 0.15) is 47.6 Å². The van der Waals surface area contributed by atoms with Gasteiger partial charge in [0.25, 0.3) is 5.56 Å². The molecule has 2 aromatic heterocycles. The zero-order valence-corrected chi connectivity index (χ0v) is 18.4. The summed E-state index contributed by atoms with van der Waals surface area (Å²) in [4.78, 5) is 48.3. The molecule has 0 aliphatic rings. The van der Waals surface area contributed by atoms with E-state index in [1.165, 1.54) is 30.9 Å². The van der Waals surface area contributed by atoms with Gasteiger partial charge in [0, 0.05) is 49.9 Å².